The van der Waals surface area contributed by atoms with Crippen molar-refractivity contribution in [1.82, 2.24) is 0 Å². The first-order chi connectivity index (χ1) is 6.61. The van der Waals surface area contributed by atoms with Crippen LogP contribution < -0.4 is 0 Å². The molecule has 1 saturated carbocycles. The second kappa shape index (κ2) is 3.49. The zero-order valence-electron chi connectivity index (χ0n) is 7.79. The molecule has 0 saturated heterocycles. The molecule has 4 heteroatoms. The van der Waals surface area contributed by atoms with E-state index in [0.29, 0.717) is 5.92 Å². The molecule has 0 unspecified atom stereocenters. The molecule has 1 aliphatic carbocycles. The van der Waals surface area contributed by atoms with Crippen molar-refractivity contribution >= 4 is 28.3 Å². The van der Waals surface area contributed by atoms with Crippen LogP contribution in [0, 0.1) is 20.6 Å². The molecule has 1 fully saturated rings. The molecule has 1 aromatic carbocycles. The van der Waals surface area contributed by atoms with Crippen LogP contribution in [0.5, 0.6) is 0 Å². The lowest BCUT2D eigenvalue weighted by Gasteiger charge is -2.06. The Balaban J connectivity index is 2.50. The highest BCUT2D eigenvalue weighted by Crippen LogP contribution is 2.43. The molecule has 0 atom stereocenters. The minimum atomic E-state index is -0.314. The molecule has 0 heterocycles. The summed E-state index contributed by atoms with van der Waals surface area (Å²) >= 11 is 2.07. The lowest BCUT2D eigenvalue weighted by molar-refractivity contribution is -0.385. The molecule has 0 N–H and O–H groups in total. The van der Waals surface area contributed by atoms with Gasteiger partial charge in [0, 0.05) is 6.07 Å². The third-order valence-corrected chi connectivity index (χ3v) is 3.98. The molecule has 1 aromatic rings. The number of nitrogens with zero attached hydrogens (tertiary/aromatic N) is 1. The number of benzene rings is 1. The van der Waals surface area contributed by atoms with Crippen LogP contribution in [0.15, 0.2) is 12.1 Å². The van der Waals surface area contributed by atoms with E-state index >= 15 is 0 Å². The zero-order valence-corrected chi connectivity index (χ0v) is 9.95. The average Bonchev–Trinajstić information content (AvgIpc) is 2.92. The van der Waals surface area contributed by atoms with Crippen molar-refractivity contribution in [3.8, 4) is 0 Å². The van der Waals surface area contributed by atoms with E-state index in [0.717, 1.165) is 9.13 Å². The molecular formula is C10H10INO2. The molecular weight excluding hydrogens is 293 g/mol. The highest BCUT2D eigenvalue weighted by Gasteiger charge is 2.27. The Bertz CT molecular complexity index is 399. The normalized spacial score (nSPS) is 15.6. The van der Waals surface area contributed by atoms with Crippen LogP contribution in [0.2, 0.25) is 0 Å². The molecule has 0 amide bonds. The van der Waals surface area contributed by atoms with Gasteiger partial charge in [0.05, 0.1) is 8.49 Å². The summed E-state index contributed by atoms with van der Waals surface area (Å²) in [7, 11) is 0. The molecule has 0 radical (unpaired) electrons. The number of hydrogen-bond acceptors (Lipinski definition) is 2. The standard InChI is InChI=1S/C10H10INO2/c1-6-8(7-2-3-7)4-5-9(10(6)11)12(13)14/h4-5,7H,2-3H2,1H3. The van der Waals surface area contributed by atoms with Gasteiger partial charge in [0.1, 0.15) is 0 Å². The summed E-state index contributed by atoms with van der Waals surface area (Å²) in [6.07, 6.45) is 2.46. The highest BCUT2D eigenvalue weighted by atomic mass is 127. The maximum Gasteiger partial charge on any atom is 0.282 e. The smallest absolute Gasteiger partial charge is 0.258 e. The van der Waals surface area contributed by atoms with Crippen molar-refractivity contribution < 1.29 is 4.92 Å². The van der Waals surface area contributed by atoms with Crippen LogP contribution in [-0.4, -0.2) is 4.92 Å². The van der Waals surface area contributed by atoms with Crippen molar-refractivity contribution in [2.24, 2.45) is 0 Å². The van der Waals surface area contributed by atoms with Crippen molar-refractivity contribution in [2.45, 2.75) is 25.7 Å². The van der Waals surface area contributed by atoms with Gasteiger partial charge in [-0.1, -0.05) is 6.07 Å². The second-order valence-electron chi connectivity index (χ2n) is 3.64. The predicted octanol–water partition coefficient (Wildman–Crippen LogP) is 3.39. The Morgan fingerprint density at radius 3 is 2.64 bits per heavy atom. The molecule has 2 rings (SSSR count). The predicted molar refractivity (Wildman–Crippen MR) is 62.5 cm³/mol. The van der Waals surface area contributed by atoms with Gasteiger partial charge in [-0.05, 0) is 59.4 Å². The van der Waals surface area contributed by atoms with Gasteiger partial charge in [-0.2, -0.15) is 0 Å². The van der Waals surface area contributed by atoms with Gasteiger partial charge >= 0.3 is 0 Å². The van der Waals surface area contributed by atoms with Crippen LogP contribution in [0.4, 0.5) is 5.69 Å². The summed E-state index contributed by atoms with van der Waals surface area (Å²) in [6.45, 7) is 1.97. The lowest BCUT2D eigenvalue weighted by atomic mass is 10.0. The van der Waals surface area contributed by atoms with Gasteiger partial charge in [-0.3, -0.25) is 10.1 Å². The fraction of sp³-hybridized carbons (Fsp3) is 0.400. The van der Waals surface area contributed by atoms with Gasteiger partial charge in [0.2, 0.25) is 0 Å². The molecule has 0 aromatic heterocycles. The number of nitro groups is 1. The minimum absolute atomic E-state index is 0.229. The first-order valence-electron chi connectivity index (χ1n) is 4.54. The van der Waals surface area contributed by atoms with E-state index in [9.17, 15) is 10.1 Å². The second-order valence-corrected chi connectivity index (χ2v) is 4.72. The molecule has 0 spiro atoms. The van der Waals surface area contributed by atoms with Crippen molar-refractivity contribution in [1.29, 1.82) is 0 Å². The van der Waals surface area contributed by atoms with E-state index in [1.807, 2.05) is 13.0 Å². The average molecular weight is 303 g/mol. The Morgan fingerprint density at radius 1 is 1.50 bits per heavy atom. The molecule has 3 nitrogen and oxygen atoms in total. The Hall–Kier alpha value is -0.650. The van der Waals surface area contributed by atoms with Crippen molar-refractivity contribution in [3.63, 3.8) is 0 Å². The molecule has 1 aliphatic rings. The Morgan fingerprint density at radius 2 is 2.14 bits per heavy atom. The Labute approximate surface area is 95.8 Å². The first kappa shape index (κ1) is 9.89. The van der Waals surface area contributed by atoms with Crippen molar-refractivity contribution in [2.75, 3.05) is 0 Å². The minimum Gasteiger partial charge on any atom is -0.258 e. The van der Waals surface area contributed by atoms with Crippen LogP contribution >= 0.6 is 22.6 Å². The number of hydrogen-bond donors (Lipinski definition) is 0. The fourth-order valence-electron chi connectivity index (χ4n) is 1.66. The van der Waals surface area contributed by atoms with E-state index < -0.39 is 0 Å². The largest absolute Gasteiger partial charge is 0.282 e. The van der Waals surface area contributed by atoms with Gasteiger partial charge in [0.15, 0.2) is 0 Å². The van der Waals surface area contributed by atoms with E-state index in [4.69, 9.17) is 0 Å². The third-order valence-electron chi connectivity index (χ3n) is 2.62. The maximum absolute atomic E-state index is 10.7. The number of rotatable bonds is 2. The molecule has 14 heavy (non-hydrogen) atoms. The highest BCUT2D eigenvalue weighted by molar-refractivity contribution is 14.1. The fourth-order valence-corrected chi connectivity index (χ4v) is 2.35. The lowest BCUT2D eigenvalue weighted by Crippen LogP contribution is -1.97. The van der Waals surface area contributed by atoms with Crippen LogP contribution in [0.25, 0.3) is 0 Å². The zero-order chi connectivity index (χ0) is 10.3. The molecule has 74 valence electrons. The van der Waals surface area contributed by atoms with Gasteiger partial charge in [-0.15, -0.1) is 0 Å². The topological polar surface area (TPSA) is 43.1 Å². The third kappa shape index (κ3) is 1.63. The van der Waals surface area contributed by atoms with E-state index in [2.05, 4.69) is 22.6 Å². The summed E-state index contributed by atoms with van der Waals surface area (Å²) in [5, 5.41) is 10.7. The van der Waals surface area contributed by atoms with Gasteiger partial charge in [0.25, 0.3) is 5.69 Å². The number of halogens is 1. The monoisotopic (exact) mass is 303 g/mol. The van der Waals surface area contributed by atoms with E-state index in [-0.39, 0.29) is 10.6 Å². The Kier molecular flexibility index (Phi) is 2.47. The SMILES string of the molecule is Cc1c(C2CC2)ccc([N+](=O)[O-])c1I. The molecule has 0 aliphatic heterocycles. The maximum atomic E-state index is 10.7. The summed E-state index contributed by atoms with van der Waals surface area (Å²) in [4.78, 5) is 10.4. The van der Waals surface area contributed by atoms with E-state index in [1.165, 1.54) is 18.4 Å². The van der Waals surface area contributed by atoms with E-state index in [1.54, 1.807) is 6.07 Å². The summed E-state index contributed by atoms with van der Waals surface area (Å²) in [5.74, 6) is 0.657. The quantitative estimate of drug-likeness (QED) is 0.477. The van der Waals surface area contributed by atoms with Gasteiger partial charge < -0.3 is 0 Å². The van der Waals surface area contributed by atoms with Crippen LogP contribution in [-0.2, 0) is 0 Å². The number of nitro benzene ring substituents is 1. The van der Waals surface area contributed by atoms with Crippen molar-refractivity contribution in [3.05, 3.63) is 36.9 Å². The van der Waals surface area contributed by atoms with Crippen LogP contribution in [0.1, 0.15) is 29.9 Å². The van der Waals surface area contributed by atoms with Crippen LogP contribution in [0.3, 0.4) is 0 Å². The van der Waals surface area contributed by atoms with Gasteiger partial charge in [-0.25, -0.2) is 0 Å². The summed E-state index contributed by atoms with van der Waals surface area (Å²) in [5.41, 5.74) is 2.61. The summed E-state index contributed by atoms with van der Waals surface area (Å²) in [6, 6.07) is 3.54. The molecule has 0 bridgehead atoms. The summed E-state index contributed by atoms with van der Waals surface area (Å²) < 4.78 is 0.789. The first-order valence-corrected chi connectivity index (χ1v) is 5.62.